The monoisotopic (exact) mass is 260 g/mol. The molecule has 2 aromatic heterocycles. The molecule has 0 aliphatic carbocycles. The average molecular weight is 262 g/mol. The molecule has 0 bridgehead atoms. The van der Waals surface area contributed by atoms with Crippen LogP contribution in [0.2, 0.25) is 5.15 Å². The Labute approximate surface area is 88.1 Å². The van der Waals surface area contributed by atoms with Crippen molar-refractivity contribution in [3.8, 4) is 0 Å². The van der Waals surface area contributed by atoms with E-state index < -0.39 is 0 Å². The minimum Gasteiger partial charge on any atom is -0.390 e. The second-order valence-electron chi connectivity index (χ2n) is 2.58. The predicted molar refractivity (Wildman–Crippen MR) is 53.8 cm³/mol. The summed E-state index contributed by atoms with van der Waals surface area (Å²) in [5.41, 5.74) is 1.23. The van der Waals surface area contributed by atoms with Crippen molar-refractivity contribution in [3.05, 3.63) is 33.6 Å². The molecule has 2 rings (SSSR count). The fourth-order valence-electron chi connectivity index (χ4n) is 1.14. The molecule has 2 aromatic rings. The zero-order valence-corrected chi connectivity index (χ0v) is 8.88. The van der Waals surface area contributed by atoms with Gasteiger partial charge >= 0.3 is 0 Å². The Morgan fingerprint density at radius 3 is 3.08 bits per heavy atom. The van der Waals surface area contributed by atoms with Gasteiger partial charge in [0.15, 0.2) is 0 Å². The molecule has 0 atom stereocenters. The van der Waals surface area contributed by atoms with Crippen LogP contribution in [-0.2, 0) is 6.61 Å². The second kappa shape index (κ2) is 3.29. The quantitative estimate of drug-likeness (QED) is 0.855. The molecule has 1 N–H and O–H groups in total. The van der Waals surface area contributed by atoms with Crippen LogP contribution in [0, 0.1) is 0 Å². The minimum absolute atomic E-state index is 0.141. The molecule has 0 unspecified atom stereocenters. The van der Waals surface area contributed by atoms with Gasteiger partial charge in [-0.25, -0.2) is 4.98 Å². The van der Waals surface area contributed by atoms with Crippen molar-refractivity contribution in [2.24, 2.45) is 0 Å². The summed E-state index contributed by atoms with van der Waals surface area (Å²) in [4.78, 5) is 4.14. The van der Waals surface area contributed by atoms with Gasteiger partial charge in [0, 0.05) is 10.7 Å². The summed E-state index contributed by atoms with van der Waals surface area (Å²) in [5.74, 6) is 0. The number of fused-ring (bicyclic) bond motifs is 1. The van der Waals surface area contributed by atoms with Crippen LogP contribution < -0.4 is 0 Å². The van der Waals surface area contributed by atoms with E-state index in [9.17, 15) is 0 Å². The minimum atomic E-state index is -0.141. The Hall–Kier alpha value is -0.580. The maximum Gasteiger partial charge on any atom is 0.139 e. The van der Waals surface area contributed by atoms with Crippen molar-refractivity contribution in [1.29, 1.82) is 0 Å². The molecule has 2 heterocycles. The number of aliphatic hydroxyl groups is 1. The third-order valence-corrected chi connectivity index (χ3v) is 2.64. The highest BCUT2D eigenvalue weighted by atomic mass is 79.9. The largest absolute Gasteiger partial charge is 0.390 e. The van der Waals surface area contributed by atoms with Gasteiger partial charge in [0.05, 0.1) is 6.61 Å². The number of hydrogen-bond donors (Lipinski definition) is 1. The van der Waals surface area contributed by atoms with E-state index in [0.29, 0.717) is 10.8 Å². The van der Waals surface area contributed by atoms with Crippen LogP contribution in [-0.4, -0.2) is 14.5 Å². The summed E-state index contributed by atoms with van der Waals surface area (Å²) in [6.07, 6.45) is 1.80. The van der Waals surface area contributed by atoms with Gasteiger partial charge in [-0.15, -0.1) is 0 Å². The van der Waals surface area contributed by atoms with Gasteiger partial charge in [0.25, 0.3) is 0 Å². The highest BCUT2D eigenvalue weighted by Gasteiger charge is 2.08. The number of hydrogen-bond acceptors (Lipinski definition) is 2. The van der Waals surface area contributed by atoms with Gasteiger partial charge in [-0.1, -0.05) is 27.5 Å². The molecule has 68 valence electrons. The third kappa shape index (κ3) is 1.45. The molecule has 5 heteroatoms. The molecule has 13 heavy (non-hydrogen) atoms. The molecule has 0 aliphatic rings. The first kappa shape index (κ1) is 8.99. The van der Waals surface area contributed by atoms with E-state index in [1.54, 1.807) is 10.6 Å². The highest BCUT2D eigenvalue weighted by Crippen LogP contribution is 2.20. The van der Waals surface area contributed by atoms with Gasteiger partial charge < -0.3 is 5.11 Å². The van der Waals surface area contributed by atoms with E-state index in [0.717, 1.165) is 10.1 Å². The molecule has 0 aliphatic heterocycles. The molecule has 0 aromatic carbocycles. The van der Waals surface area contributed by atoms with Gasteiger partial charge in [0.2, 0.25) is 0 Å². The van der Waals surface area contributed by atoms with Crippen LogP contribution in [0.4, 0.5) is 0 Å². The Balaban J connectivity index is 2.76. The van der Waals surface area contributed by atoms with Crippen LogP contribution in [0.15, 0.2) is 22.8 Å². The maximum atomic E-state index is 8.92. The molecule has 0 amide bonds. The molecule has 0 spiro atoms. The summed E-state index contributed by atoms with van der Waals surface area (Å²) in [6, 6.07) is 3.70. The number of nitrogens with zero attached hydrogens (tertiary/aromatic N) is 2. The SMILES string of the molecule is OCc1nc2cc(Br)ccn2c1Cl. The summed E-state index contributed by atoms with van der Waals surface area (Å²) >= 11 is 9.26. The highest BCUT2D eigenvalue weighted by molar-refractivity contribution is 9.10. The van der Waals surface area contributed by atoms with Crippen molar-refractivity contribution in [1.82, 2.24) is 9.38 Å². The zero-order valence-electron chi connectivity index (χ0n) is 6.54. The van der Waals surface area contributed by atoms with Gasteiger partial charge in [-0.2, -0.15) is 0 Å². The van der Waals surface area contributed by atoms with E-state index in [1.165, 1.54) is 0 Å². The van der Waals surface area contributed by atoms with Crippen LogP contribution in [0.1, 0.15) is 5.69 Å². The van der Waals surface area contributed by atoms with Crippen LogP contribution in [0.3, 0.4) is 0 Å². The Morgan fingerprint density at radius 2 is 2.38 bits per heavy atom. The van der Waals surface area contributed by atoms with Crippen LogP contribution in [0.5, 0.6) is 0 Å². The van der Waals surface area contributed by atoms with E-state index in [-0.39, 0.29) is 6.61 Å². The first-order valence-electron chi connectivity index (χ1n) is 3.65. The summed E-state index contributed by atoms with van der Waals surface area (Å²) < 4.78 is 2.66. The maximum absolute atomic E-state index is 8.92. The van der Waals surface area contributed by atoms with Crippen LogP contribution in [0.25, 0.3) is 5.65 Å². The molecule has 3 nitrogen and oxygen atoms in total. The second-order valence-corrected chi connectivity index (χ2v) is 3.85. The number of aromatic nitrogens is 2. The molecule has 0 saturated heterocycles. The molecule has 0 radical (unpaired) electrons. The fraction of sp³-hybridized carbons (Fsp3) is 0.125. The molecular weight excluding hydrogens is 255 g/mol. The predicted octanol–water partition coefficient (Wildman–Crippen LogP) is 2.24. The standard InChI is InChI=1S/C8H6BrClN2O/c9-5-1-2-12-7(3-5)11-6(4-13)8(12)10/h1-3,13H,4H2. The topological polar surface area (TPSA) is 37.5 Å². The lowest BCUT2D eigenvalue weighted by atomic mass is 10.5. The van der Waals surface area contributed by atoms with Crippen molar-refractivity contribution < 1.29 is 5.11 Å². The summed E-state index contributed by atoms with van der Waals surface area (Å²) in [5, 5.41) is 9.38. The fourth-order valence-corrected chi connectivity index (χ4v) is 1.71. The van der Waals surface area contributed by atoms with Crippen molar-refractivity contribution in [2.45, 2.75) is 6.61 Å². The lowest BCUT2D eigenvalue weighted by molar-refractivity contribution is 0.277. The molecule has 0 saturated carbocycles. The van der Waals surface area contributed by atoms with E-state index in [2.05, 4.69) is 20.9 Å². The number of rotatable bonds is 1. The van der Waals surface area contributed by atoms with E-state index >= 15 is 0 Å². The van der Waals surface area contributed by atoms with Crippen molar-refractivity contribution in [3.63, 3.8) is 0 Å². The molecular formula is C8H6BrClN2O. The number of aliphatic hydroxyl groups excluding tert-OH is 1. The number of pyridine rings is 1. The zero-order chi connectivity index (χ0) is 9.42. The lowest BCUT2D eigenvalue weighted by Gasteiger charge is -1.94. The Morgan fingerprint density at radius 1 is 1.62 bits per heavy atom. The van der Waals surface area contributed by atoms with Crippen molar-refractivity contribution in [2.75, 3.05) is 0 Å². The Bertz CT molecular complexity index is 455. The van der Waals surface area contributed by atoms with Crippen LogP contribution >= 0.6 is 27.5 Å². The average Bonchev–Trinajstić information content (AvgIpc) is 2.42. The first-order chi connectivity index (χ1) is 6.22. The number of halogens is 2. The summed E-state index contributed by atoms with van der Waals surface area (Å²) in [7, 11) is 0. The smallest absolute Gasteiger partial charge is 0.139 e. The van der Waals surface area contributed by atoms with Gasteiger partial charge in [-0.05, 0) is 12.1 Å². The first-order valence-corrected chi connectivity index (χ1v) is 4.82. The third-order valence-electron chi connectivity index (χ3n) is 1.75. The van der Waals surface area contributed by atoms with Gasteiger partial charge in [0.1, 0.15) is 16.5 Å². The lowest BCUT2D eigenvalue weighted by Crippen LogP contribution is -1.84. The van der Waals surface area contributed by atoms with Crippen molar-refractivity contribution >= 4 is 33.2 Å². The van der Waals surface area contributed by atoms with E-state index in [1.807, 2.05) is 12.1 Å². The van der Waals surface area contributed by atoms with Gasteiger partial charge in [-0.3, -0.25) is 4.40 Å². The molecule has 0 fully saturated rings. The number of imidazole rings is 1. The Kier molecular flexibility index (Phi) is 2.27. The summed E-state index contributed by atoms with van der Waals surface area (Å²) in [6.45, 7) is -0.141. The normalized spacial score (nSPS) is 11.0. The van der Waals surface area contributed by atoms with E-state index in [4.69, 9.17) is 16.7 Å².